The Labute approximate surface area is 197 Å². The Morgan fingerprint density at radius 2 is 1.44 bits per heavy atom. The molecule has 0 heterocycles. The lowest BCUT2D eigenvalue weighted by Crippen LogP contribution is -2.48. The highest BCUT2D eigenvalue weighted by Crippen LogP contribution is 2.11. The van der Waals surface area contributed by atoms with Gasteiger partial charge in [0.1, 0.15) is 12.3 Å². The highest BCUT2D eigenvalue weighted by Gasteiger charge is 2.15. The van der Waals surface area contributed by atoms with Crippen molar-refractivity contribution in [3.63, 3.8) is 0 Å². The van der Waals surface area contributed by atoms with Gasteiger partial charge in [0.2, 0.25) is 17.7 Å². The molecule has 0 aromatic heterocycles. The van der Waals surface area contributed by atoms with Crippen molar-refractivity contribution in [2.24, 2.45) is 0 Å². The first-order valence-corrected chi connectivity index (χ1v) is 10.9. The molecule has 0 radical (unpaired) electrons. The number of benzene rings is 2. The molecule has 3 amide bonds. The summed E-state index contributed by atoms with van der Waals surface area (Å²) in [6.45, 7) is -0.464. The van der Waals surface area contributed by atoms with Crippen LogP contribution in [0.2, 0.25) is 0 Å². The third-order valence-corrected chi connectivity index (χ3v) is 4.83. The van der Waals surface area contributed by atoms with Crippen molar-refractivity contribution in [1.29, 1.82) is 0 Å². The zero-order chi connectivity index (χ0) is 24.8. The van der Waals surface area contributed by atoms with Crippen molar-refractivity contribution in [1.82, 2.24) is 21.3 Å². The first-order chi connectivity index (χ1) is 16.3. The summed E-state index contributed by atoms with van der Waals surface area (Å²) in [4.78, 5) is 46.7. The van der Waals surface area contributed by atoms with Gasteiger partial charge in [-0.2, -0.15) is 0 Å². The second-order valence-electron chi connectivity index (χ2n) is 7.70. The fraction of sp³-hybridized carbons (Fsp3) is 0.333. The lowest BCUT2D eigenvalue weighted by molar-refractivity contribution is -0.137. The predicted octanol–water partition coefficient (Wildman–Crippen LogP) is -0.0411. The maximum Gasteiger partial charge on any atom is 0.322 e. The van der Waals surface area contributed by atoms with Gasteiger partial charge in [0, 0.05) is 19.0 Å². The number of carboxylic acid groups (broad SMARTS) is 1. The lowest BCUT2D eigenvalue weighted by Gasteiger charge is -2.20. The minimum absolute atomic E-state index is 0.0948. The number of carbonyl (C=O) groups is 4. The third-order valence-electron chi connectivity index (χ3n) is 4.83. The van der Waals surface area contributed by atoms with E-state index in [1.807, 2.05) is 30.3 Å². The number of nitrogens with one attached hydrogen (secondary N) is 4. The van der Waals surface area contributed by atoms with E-state index in [4.69, 9.17) is 5.11 Å². The standard InChI is InChI=1S/C24H30N4O6/c29-20-9-6-17(7-10-20)8-11-21(30)26-15-23(32)28-19(12-18-4-2-1-3-5-18)13-25-14-22(31)27-16-24(33)34/h1-7,9-10,19,25,29H,8,11-16H2,(H,26,30)(H,27,31)(H,28,32)(H,33,34)/t19-/m0/s1. The molecule has 2 rings (SSSR count). The van der Waals surface area contributed by atoms with E-state index in [0.717, 1.165) is 11.1 Å². The van der Waals surface area contributed by atoms with Gasteiger partial charge in [0.05, 0.1) is 13.1 Å². The van der Waals surface area contributed by atoms with Crippen LogP contribution >= 0.6 is 0 Å². The first-order valence-electron chi connectivity index (χ1n) is 10.9. The van der Waals surface area contributed by atoms with E-state index < -0.39 is 18.4 Å². The average molecular weight is 471 g/mol. The van der Waals surface area contributed by atoms with Crippen molar-refractivity contribution in [3.05, 3.63) is 65.7 Å². The van der Waals surface area contributed by atoms with Gasteiger partial charge in [-0.05, 0) is 36.1 Å². The molecule has 0 spiro atoms. The highest BCUT2D eigenvalue weighted by atomic mass is 16.4. The Hall–Kier alpha value is -3.92. The zero-order valence-electron chi connectivity index (χ0n) is 18.8. The number of aryl methyl sites for hydroxylation is 1. The van der Waals surface area contributed by atoms with E-state index in [1.165, 1.54) is 0 Å². The monoisotopic (exact) mass is 470 g/mol. The summed E-state index contributed by atoms with van der Waals surface area (Å²) in [5.74, 6) is -2.07. The van der Waals surface area contributed by atoms with Crippen molar-refractivity contribution in [2.75, 3.05) is 26.2 Å². The Morgan fingerprint density at radius 3 is 2.12 bits per heavy atom. The molecule has 10 heteroatoms. The van der Waals surface area contributed by atoms with Gasteiger partial charge in [-0.25, -0.2) is 0 Å². The summed E-state index contributed by atoms with van der Waals surface area (Å²) in [6, 6.07) is 15.7. The van der Waals surface area contributed by atoms with Crippen LogP contribution in [0.3, 0.4) is 0 Å². The molecule has 2 aromatic carbocycles. The number of phenolic OH excluding ortho intramolecular Hbond substituents is 1. The van der Waals surface area contributed by atoms with E-state index in [-0.39, 0.29) is 49.7 Å². The van der Waals surface area contributed by atoms with Crippen LogP contribution in [0.4, 0.5) is 0 Å². The molecule has 0 saturated carbocycles. The Bertz CT molecular complexity index is 950. The number of rotatable bonds is 14. The maximum absolute atomic E-state index is 12.4. The normalized spacial score (nSPS) is 11.3. The van der Waals surface area contributed by atoms with E-state index in [1.54, 1.807) is 24.3 Å². The van der Waals surface area contributed by atoms with Crippen molar-refractivity contribution >= 4 is 23.7 Å². The molecule has 6 N–H and O–H groups in total. The summed E-state index contributed by atoms with van der Waals surface area (Å²) >= 11 is 0. The third kappa shape index (κ3) is 11.1. The quantitative estimate of drug-likeness (QED) is 0.226. The fourth-order valence-corrected chi connectivity index (χ4v) is 3.14. The predicted molar refractivity (Wildman–Crippen MR) is 125 cm³/mol. The van der Waals surface area contributed by atoms with Crippen molar-refractivity contribution < 1.29 is 29.4 Å². The smallest absolute Gasteiger partial charge is 0.322 e. The molecule has 2 aromatic rings. The van der Waals surface area contributed by atoms with Gasteiger partial charge in [-0.1, -0.05) is 42.5 Å². The first kappa shape index (κ1) is 26.3. The van der Waals surface area contributed by atoms with Crippen LogP contribution in [0, 0.1) is 0 Å². The van der Waals surface area contributed by atoms with Crippen LogP contribution in [-0.2, 0) is 32.0 Å². The van der Waals surface area contributed by atoms with Crippen LogP contribution < -0.4 is 21.3 Å². The van der Waals surface area contributed by atoms with Gasteiger partial charge in [0.15, 0.2) is 0 Å². The number of aromatic hydroxyl groups is 1. The number of phenols is 1. The summed E-state index contributed by atoms with van der Waals surface area (Å²) in [5, 5.41) is 28.5. The number of amides is 3. The van der Waals surface area contributed by atoms with Crippen LogP contribution in [0.1, 0.15) is 17.5 Å². The van der Waals surface area contributed by atoms with Crippen LogP contribution in [0.25, 0.3) is 0 Å². The molecular weight excluding hydrogens is 440 g/mol. The number of hydrogen-bond acceptors (Lipinski definition) is 6. The molecule has 0 aliphatic carbocycles. The van der Waals surface area contributed by atoms with Crippen LogP contribution in [0.5, 0.6) is 5.75 Å². The molecule has 0 bridgehead atoms. The van der Waals surface area contributed by atoms with Gasteiger partial charge < -0.3 is 31.5 Å². The molecule has 10 nitrogen and oxygen atoms in total. The van der Waals surface area contributed by atoms with Gasteiger partial charge >= 0.3 is 5.97 Å². The summed E-state index contributed by atoms with van der Waals surface area (Å²) < 4.78 is 0. The number of carboxylic acids is 1. The number of hydrogen-bond donors (Lipinski definition) is 6. The Morgan fingerprint density at radius 1 is 0.765 bits per heavy atom. The molecule has 0 aliphatic rings. The summed E-state index contributed by atoms with van der Waals surface area (Å²) in [5.41, 5.74) is 1.89. The Balaban J connectivity index is 1.78. The minimum atomic E-state index is -1.13. The SMILES string of the molecule is O=C(O)CNC(=O)CNC[C@H](Cc1ccccc1)NC(=O)CNC(=O)CCc1ccc(O)cc1. The largest absolute Gasteiger partial charge is 0.508 e. The lowest BCUT2D eigenvalue weighted by atomic mass is 10.1. The van der Waals surface area contributed by atoms with Gasteiger partial charge in [-0.15, -0.1) is 0 Å². The number of carbonyl (C=O) groups excluding carboxylic acids is 3. The second-order valence-corrected chi connectivity index (χ2v) is 7.70. The van der Waals surface area contributed by atoms with Crippen molar-refractivity contribution in [2.45, 2.75) is 25.3 Å². The summed E-state index contributed by atoms with van der Waals surface area (Å²) in [6.07, 6.45) is 1.20. The molecule has 0 saturated heterocycles. The van der Waals surface area contributed by atoms with Gasteiger partial charge in [0.25, 0.3) is 0 Å². The van der Waals surface area contributed by atoms with E-state index in [0.29, 0.717) is 12.8 Å². The molecule has 0 unspecified atom stereocenters. The van der Waals surface area contributed by atoms with E-state index in [2.05, 4.69) is 21.3 Å². The molecular formula is C24H30N4O6. The molecule has 1 atom stereocenters. The molecule has 34 heavy (non-hydrogen) atoms. The Kier molecular flexibility index (Phi) is 11.1. The average Bonchev–Trinajstić information content (AvgIpc) is 2.81. The highest BCUT2D eigenvalue weighted by molar-refractivity contribution is 5.85. The molecule has 182 valence electrons. The van der Waals surface area contributed by atoms with E-state index in [9.17, 15) is 24.3 Å². The minimum Gasteiger partial charge on any atom is -0.508 e. The van der Waals surface area contributed by atoms with Crippen LogP contribution in [-0.4, -0.2) is 66.1 Å². The van der Waals surface area contributed by atoms with Crippen LogP contribution in [0.15, 0.2) is 54.6 Å². The van der Waals surface area contributed by atoms with Gasteiger partial charge in [-0.3, -0.25) is 19.2 Å². The maximum atomic E-state index is 12.4. The van der Waals surface area contributed by atoms with E-state index >= 15 is 0 Å². The van der Waals surface area contributed by atoms with Crippen molar-refractivity contribution in [3.8, 4) is 5.75 Å². The topological polar surface area (TPSA) is 157 Å². The fourth-order valence-electron chi connectivity index (χ4n) is 3.14. The second kappa shape index (κ2) is 14.3. The number of aliphatic carboxylic acids is 1. The summed E-state index contributed by atoms with van der Waals surface area (Å²) in [7, 11) is 0. The molecule has 0 aliphatic heterocycles. The molecule has 0 fully saturated rings. The zero-order valence-corrected chi connectivity index (χ0v) is 18.8.